The van der Waals surface area contributed by atoms with Crippen molar-refractivity contribution >= 4 is 38.5 Å². The van der Waals surface area contributed by atoms with Gasteiger partial charge in [-0.2, -0.15) is 17.8 Å². The number of piperazine rings is 1. The average molecular weight is 567 g/mol. The Kier molecular flexibility index (Phi) is 7.39. The minimum Gasteiger partial charge on any atom is -0.368 e. The third-order valence-electron chi connectivity index (χ3n) is 8.66. The quantitative estimate of drug-likeness (QED) is 0.462. The van der Waals surface area contributed by atoms with Crippen LogP contribution < -0.4 is 14.5 Å². The molecule has 40 heavy (non-hydrogen) atoms. The Morgan fingerprint density at radius 2 is 1.62 bits per heavy atom. The first kappa shape index (κ1) is 26.9. The molecule has 4 heterocycles. The summed E-state index contributed by atoms with van der Waals surface area (Å²) in [6, 6.07) is 6.06. The first-order valence-corrected chi connectivity index (χ1v) is 15.8. The Morgan fingerprint density at radius 1 is 0.950 bits per heavy atom. The molecule has 3 aromatic rings. The Morgan fingerprint density at radius 3 is 2.25 bits per heavy atom. The molecule has 1 saturated heterocycles. The van der Waals surface area contributed by atoms with Crippen molar-refractivity contribution < 1.29 is 13.2 Å². The number of fused-ring (bicyclic) bond motifs is 1. The molecule has 6 rings (SSSR count). The van der Waals surface area contributed by atoms with Gasteiger partial charge in [0.1, 0.15) is 5.69 Å². The molecule has 0 bridgehead atoms. The minimum absolute atomic E-state index is 0.0987. The Hall–Kier alpha value is -3.25. The van der Waals surface area contributed by atoms with Gasteiger partial charge >= 0.3 is 10.2 Å². The highest BCUT2D eigenvalue weighted by atomic mass is 32.2. The predicted molar refractivity (Wildman–Crippen MR) is 155 cm³/mol. The number of carbonyl (C=O) groups excluding carboxylic acids is 1. The number of nitrogens with one attached hydrogen (secondary N) is 1. The monoisotopic (exact) mass is 566 g/mol. The molecule has 0 aromatic carbocycles. The van der Waals surface area contributed by atoms with Crippen molar-refractivity contribution in [3.05, 3.63) is 42.0 Å². The van der Waals surface area contributed by atoms with Crippen molar-refractivity contribution in [2.75, 3.05) is 50.1 Å². The van der Waals surface area contributed by atoms with Gasteiger partial charge in [-0.25, -0.2) is 14.4 Å². The molecule has 0 atom stereocenters. The SMILES string of the molecule is CN(C)S(=O)(=O)NC(=O)c1cc(N2CCN(c3ccncc3)CC2)c2c(C3CCC3)nn(C3CCCCC3)c2n1. The summed E-state index contributed by atoms with van der Waals surface area (Å²) in [6.45, 7) is 3.16. The normalized spacial score (nSPS) is 19.3. The van der Waals surface area contributed by atoms with Crippen LogP contribution in [0.1, 0.15) is 79.5 Å². The van der Waals surface area contributed by atoms with E-state index in [1.165, 1.54) is 26.9 Å². The van der Waals surface area contributed by atoms with Crippen LogP contribution in [0.5, 0.6) is 0 Å². The summed E-state index contributed by atoms with van der Waals surface area (Å²) in [7, 11) is -1.18. The van der Waals surface area contributed by atoms with Crippen LogP contribution in [0.25, 0.3) is 11.0 Å². The average Bonchev–Trinajstić information content (AvgIpc) is 3.31. The largest absolute Gasteiger partial charge is 0.368 e. The molecule has 0 spiro atoms. The van der Waals surface area contributed by atoms with E-state index in [0.717, 1.165) is 91.5 Å². The number of nitrogens with zero attached hydrogens (tertiary/aromatic N) is 7. The molecule has 0 unspecified atom stereocenters. The highest BCUT2D eigenvalue weighted by molar-refractivity contribution is 7.87. The maximum absolute atomic E-state index is 13.3. The molecular formula is C28H38N8O3S. The molecule has 11 nitrogen and oxygen atoms in total. The van der Waals surface area contributed by atoms with E-state index in [-0.39, 0.29) is 11.7 Å². The van der Waals surface area contributed by atoms with Gasteiger partial charge < -0.3 is 9.80 Å². The maximum atomic E-state index is 13.3. The third kappa shape index (κ3) is 5.14. The molecular weight excluding hydrogens is 528 g/mol. The number of pyridine rings is 2. The summed E-state index contributed by atoms with van der Waals surface area (Å²) in [6.07, 6.45) is 12.6. The molecule has 3 aromatic heterocycles. The fourth-order valence-corrected chi connectivity index (χ4v) is 6.60. The molecule has 1 amide bonds. The summed E-state index contributed by atoms with van der Waals surface area (Å²) in [5.41, 5.74) is 3.95. The van der Waals surface area contributed by atoms with E-state index >= 15 is 0 Å². The molecule has 3 aliphatic rings. The van der Waals surface area contributed by atoms with Gasteiger partial charge in [0, 0.05) is 64.3 Å². The lowest BCUT2D eigenvalue weighted by Crippen LogP contribution is -2.46. The van der Waals surface area contributed by atoms with Crippen LogP contribution in [0.4, 0.5) is 11.4 Å². The fourth-order valence-electron chi connectivity index (χ4n) is 6.08. The van der Waals surface area contributed by atoms with Crippen LogP contribution in [-0.4, -0.2) is 78.7 Å². The lowest BCUT2D eigenvalue weighted by Gasteiger charge is -2.38. The molecule has 1 aliphatic heterocycles. The lowest BCUT2D eigenvalue weighted by molar-refractivity contribution is 0.0975. The third-order valence-corrected chi connectivity index (χ3v) is 10.1. The van der Waals surface area contributed by atoms with Crippen molar-refractivity contribution in [3.8, 4) is 0 Å². The van der Waals surface area contributed by atoms with Gasteiger partial charge in [-0.1, -0.05) is 25.7 Å². The van der Waals surface area contributed by atoms with Crippen molar-refractivity contribution in [1.29, 1.82) is 0 Å². The topological polar surface area (TPSA) is 117 Å². The molecule has 2 saturated carbocycles. The van der Waals surface area contributed by atoms with Gasteiger partial charge in [-0.05, 0) is 43.9 Å². The zero-order valence-corrected chi connectivity index (χ0v) is 24.1. The zero-order chi connectivity index (χ0) is 27.9. The van der Waals surface area contributed by atoms with E-state index in [2.05, 4.69) is 24.2 Å². The summed E-state index contributed by atoms with van der Waals surface area (Å²) < 4.78 is 30.3. The number of anilines is 2. The van der Waals surface area contributed by atoms with Crippen LogP contribution in [-0.2, 0) is 10.2 Å². The number of rotatable bonds is 7. The minimum atomic E-state index is -3.96. The van der Waals surface area contributed by atoms with E-state index in [4.69, 9.17) is 10.1 Å². The number of amides is 1. The summed E-state index contributed by atoms with van der Waals surface area (Å²) in [5, 5.41) is 6.24. The summed E-state index contributed by atoms with van der Waals surface area (Å²) in [5.74, 6) is -0.339. The molecule has 214 valence electrons. The Balaban J connectivity index is 1.43. The van der Waals surface area contributed by atoms with Gasteiger partial charge in [0.25, 0.3) is 5.91 Å². The van der Waals surface area contributed by atoms with E-state index in [9.17, 15) is 13.2 Å². The molecule has 0 radical (unpaired) electrons. The van der Waals surface area contributed by atoms with Crippen LogP contribution in [0.15, 0.2) is 30.6 Å². The van der Waals surface area contributed by atoms with Crippen molar-refractivity contribution in [2.24, 2.45) is 0 Å². The van der Waals surface area contributed by atoms with E-state index in [0.29, 0.717) is 11.6 Å². The second kappa shape index (κ2) is 11.0. The van der Waals surface area contributed by atoms with Crippen molar-refractivity contribution in [1.82, 2.24) is 28.8 Å². The first-order chi connectivity index (χ1) is 19.3. The Labute approximate surface area is 235 Å². The smallest absolute Gasteiger partial charge is 0.303 e. The maximum Gasteiger partial charge on any atom is 0.303 e. The van der Waals surface area contributed by atoms with Crippen LogP contribution in [0.2, 0.25) is 0 Å². The molecule has 2 aliphatic carbocycles. The van der Waals surface area contributed by atoms with Crippen LogP contribution >= 0.6 is 0 Å². The first-order valence-electron chi connectivity index (χ1n) is 14.4. The second-order valence-corrected chi connectivity index (χ2v) is 13.3. The predicted octanol–water partition coefficient (Wildman–Crippen LogP) is 3.46. The molecule has 1 N–H and O–H groups in total. The standard InChI is InChI=1S/C28H38N8O3S/c1-33(2)40(38,39)32-28(37)23-19-24(35-17-15-34(16-18-35)21-11-13-29-14-12-21)25-26(20-7-6-8-20)31-36(27(25)30-23)22-9-4-3-5-10-22/h11-14,19-20,22H,3-10,15-18H2,1-2H3,(H,32,37). The van der Waals surface area contributed by atoms with Gasteiger partial charge in [0.05, 0.1) is 22.8 Å². The van der Waals surface area contributed by atoms with E-state index in [1.54, 1.807) is 6.07 Å². The van der Waals surface area contributed by atoms with Crippen LogP contribution in [0, 0.1) is 0 Å². The van der Waals surface area contributed by atoms with Crippen molar-refractivity contribution in [2.45, 2.75) is 63.3 Å². The van der Waals surface area contributed by atoms with Crippen molar-refractivity contribution in [3.63, 3.8) is 0 Å². The number of hydrogen-bond acceptors (Lipinski definition) is 8. The highest BCUT2D eigenvalue weighted by Gasteiger charge is 2.33. The molecule has 12 heteroatoms. The molecule has 3 fully saturated rings. The van der Waals surface area contributed by atoms with E-state index in [1.807, 2.05) is 24.5 Å². The van der Waals surface area contributed by atoms with Gasteiger partial charge in [-0.15, -0.1) is 0 Å². The van der Waals surface area contributed by atoms with E-state index < -0.39 is 16.1 Å². The zero-order valence-electron chi connectivity index (χ0n) is 23.3. The number of aromatic nitrogens is 4. The van der Waals surface area contributed by atoms with Crippen LogP contribution in [0.3, 0.4) is 0 Å². The van der Waals surface area contributed by atoms with Gasteiger partial charge in [0.15, 0.2) is 5.65 Å². The summed E-state index contributed by atoms with van der Waals surface area (Å²) >= 11 is 0. The Bertz CT molecular complexity index is 1470. The second-order valence-electron chi connectivity index (χ2n) is 11.4. The highest BCUT2D eigenvalue weighted by Crippen LogP contribution is 2.44. The lowest BCUT2D eigenvalue weighted by atomic mass is 9.82. The van der Waals surface area contributed by atoms with Gasteiger partial charge in [-0.3, -0.25) is 9.78 Å². The fraction of sp³-hybridized carbons (Fsp3) is 0.571. The number of hydrogen-bond donors (Lipinski definition) is 1. The van der Waals surface area contributed by atoms with Gasteiger partial charge in [0.2, 0.25) is 0 Å². The summed E-state index contributed by atoms with van der Waals surface area (Å²) in [4.78, 5) is 27.0. The number of carbonyl (C=O) groups is 1.